The fourth-order valence-corrected chi connectivity index (χ4v) is 4.51. The molecule has 1 heterocycles. The Kier molecular flexibility index (Phi) is 3.95. The first kappa shape index (κ1) is 14.9. The third-order valence-corrected chi connectivity index (χ3v) is 5.73. The lowest BCUT2D eigenvalue weighted by molar-refractivity contribution is -0.135. The van der Waals surface area contributed by atoms with Crippen molar-refractivity contribution in [3.8, 4) is 0 Å². The van der Waals surface area contributed by atoms with E-state index in [0.717, 1.165) is 19.5 Å². The van der Waals surface area contributed by atoms with Crippen LogP contribution in [0.1, 0.15) is 24.4 Å². The van der Waals surface area contributed by atoms with Crippen molar-refractivity contribution in [2.45, 2.75) is 18.9 Å². The van der Waals surface area contributed by atoms with Crippen molar-refractivity contribution in [1.29, 1.82) is 0 Å². The maximum atomic E-state index is 12.8. The molecule has 4 rings (SSSR count). The van der Waals surface area contributed by atoms with Crippen LogP contribution in [0.3, 0.4) is 0 Å². The predicted octanol–water partition coefficient (Wildman–Crippen LogP) is 2.12. The van der Waals surface area contributed by atoms with Crippen LogP contribution in [-0.2, 0) is 4.79 Å². The average Bonchev–Trinajstić information content (AvgIpc) is 3.31. The molecular formula is C19H25N3O. The Bertz CT molecular complexity index is 600. The Labute approximate surface area is 137 Å². The van der Waals surface area contributed by atoms with Gasteiger partial charge < -0.3 is 4.90 Å². The first-order valence-corrected chi connectivity index (χ1v) is 8.69. The molecule has 2 N–H and O–H groups in total. The van der Waals surface area contributed by atoms with Crippen molar-refractivity contribution in [1.82, 2.24) is 15.8 Å². The highest BCUT2D eigenvalue weighted by Gasteiger charge is 2.41. The van der Waals surface area contributed by atoms with Gasteiger partial charge in [0.05, 0.1) is 6.04 Å². The highest BCUT2D eigenvalue weighted by molar-refractivity contribution is 5.80. The molecule has 1 saturated heterocycles. The maximum Gasteiger partial charge on any atom is 0.226 e. The number of hydrogen-bond acceptors (Lipinski definition) is 3. The van der Waals surface area contributed by atoms with Gasteiger partial charge in [0, 0.05) is 32.0 Å². The molecule has 4 heteroatoms. The minimum Gasteiger partial charge on any atom is -0.345 e. The summed E-state index contributed by atoms with van der Waals surface area (Å²) in [5, 5.41) is 0. The molecule has 2 bridgehead atoms. The van der Waals surface area contributed by atoms with Gasteiger partial charge in [-0.05, 0) is 30.2 Å². The molecule has 23 heavy (non-hydrogen) atoms. The molecule has 4 nitrogen and oxygen atoms in total. The molecule has 122 valence electrons. The lowest BCUT2D eigenvalue weighted by atomic mass is 9.91. The third-order valence-electron chi connectivity index (χ3n) is 5.73. The predicted molar refractivity (Wildman–Crippen MR) is 90.3 cm³/mol. The van der Waals surface area contributed by atoms with Crippen LogP contribution in [0.15, 0.2) is 42.5 Å². The van der Waals surface area contributed by atoms with Gasteiger partial charge in [-0.25, -0.2) is 5.43 Å². The Balaban J connectivity index is 1.41. The summed E-state index contributed by atoms with van der Waals surface area (Å²) in [7, 11) is 1.97. The summed E-state index contributed by atoms with van der Waals surface area (Å²) in [4.78, 5) is 14.8. The van der Waals surface area contributed by atoms with Gasteiger partial charge in [0.2, 0.25) is 5.91 Å². The minimum absolute atomic E-state index is 0.215. The van der Waals surface area contributed by atoms with Crippen LogP contribution in [0, 0.1) is 23.7 Å². The Morgan fingerprint density at radius 1 is 1.22 bits per heavy atom. The molecule has 1 aliphatic heterocycles. The van der Waals surface area contributed by atoms with E-state index in [-0.39, 0.29) is 12.0 Å². The lowest BCUT2D eigenvalue weighted by Crippen LogP contribution is -2.39. The van der Waals surface area contributed by atoms with Gasteiger partial charge in [-0.2, -0.15) is 0 Å². The van der Waals surface area contributed by atoms with Crippen molar-refractivity contribution < 1.29 is 4.79 Å². The molecule has 1 amide bonds. The van der Waals surface area contributed by atoms with Crippen LogP contribution < -0.4 is 10.9 Å². The second-order valence-electron chi connectivity index (χ2n) is 7.28. The topological polar surface area (TPSA) is 44.4 Å². The van der Waals surface area contributed by atoms with Gasteiger partial charge in [-0.1, -0.05) is 42.5 Å². The molecule has 2 aliphatic carbocycles. The van der Waals surface area contributed by atoms with Crippen LogP contribution in [0.5, 0.6) is 0 Å². The number of nitrogens with zero attached hydrogens (tertiary/aromatic N) is 1. The van der Waals surface area contributed by atoms with Gasteiger partial charge in [0.15, 0.2) is 0 Å². The molecule has 1 aromatic carbocycles. The summed E-state index contributed by atoms with van der Waals surface area (Å²) in [6.45, 7) is 1.70. The number of hydrazine groups is 1. The Morgan fingerprint density at radius 2 is 2.04 bits per heavy atom. The fraction of sp³-hybridized carbons (Fsp3) is 0.526. The van der Waals surface area contributed by atoms with Crippen molar-refractivity contribution in [3.63, 3.8) is 0 Å². The molecule has 2 unspecified atom stereocenters. The van der Waals surface area contributed by atoms with Gasteiger partial charge in [0.1, 0.15) is 0 Å². The highest BCUT2D eigenvalue weighted by Crippen LogP contribution is 2.44. The number of benzene rings is 1. The lowest BCUT2D eigenvalue weighted by Gasteiger charge is -2.28. The number of amides is 1. The number of carbonyl (C=O) groups excluding carboxylic acids is 1. The van der Waals surface area contributed by atoms with E-state index >= 15 is 0 Å². The second kappa shape index (κ2) is 6.10. The quantitative estimate of drug-likeness (QED) is 0.837. The highest BCUT2D eigenvalue weighted by atomic mass is 16.2. The zero-order valence-electron chi connectivity index (χ0n) is 13.6. The SMILES string of the molecule is CN(CC1CNNC1c1ccccc1)C(=O)[C@@H]1C[C@H]2C=C[C@@H]1C2. The second-order valence-corrected chi connectivity index (χ2v) is 7.28. The molecule has 0 spiro atoms. The van der Waals surface area contributed by atoms with E-state index < -0.39 is 0 Å². The van der Waals surface area contributed by atoms with E-state index in [9.17, 15) is 4.79 Å². The number of hydrogen-bond donors (Lipinski definition) is 2. The van der Waals surface area contributed by atoms with Crippen LogP contribution in [0.25, 0.3) is 0 Å². The summed E-state index contributed by atoms with van der Waals surface area (Å²) in [5.41, 5.74) is 7.91. The van der Waals surface area contributed by atoms with E-state index in [1.165, 1.54) is 12.0 Å². The van der Waals surface area contributed by atoms with Crippen molar-refractivity contribution in [2.24, 2.45) is 23.7 Å². The van der Waals surface area contributed by atoms with Crippen LogP contribution in [0.4, 0.5) is 0 Å². The zero-order valence-corrected chi connectivity index (χ0v) is 13.6. The summed E-state index contributed by atoms with van der Waals surface area (Å²) < 4.78 is 0. The maximum absolute atomic E-state index is 12.8. The Hall–Kier alpha value is -1.65. The molecule has 5 atom stereocenters. The summed E-state index contributed by atoms with van der Waals surface area (Å²) in [6.07, 6.45) is 6.79. The average molecular weight is 311 g/mol. The zero-order chi connectivity index (χ0) is 15.8. The van der Waals surface area contributed by atoms with E-state index in [4.69, 9.17) is 0 Å². The smallest absolute Gasteiger partial charge is 0.226 e. The number of fused-ring (bicyclic) bond motifs is 2. The number of carbonyl (C=O) groups is 1. The van der Waals surface area contributed by atoms with E-state index in [1.807, 2.05) is 18.0 Å². The van der Waals surface area contributed by atoms with Crippen LogP contribution in [-0.4, -0.2) is 30.9 Å². The van der Waals surface area contributed by atoms with Gasteiger partial charge in [-0.15, -0.1) is 0 Å². The molecule has 3 aliphatic rings. The summed E-state index contributed by atoms with van der Waals surface area (Å²) >= 11 is 0. The first-order valence-electron chi connectivity index (χ1n) is 8.69. The van der Waals surface area contributed by atoms with E-state index in [0.29, 0.717) is 23.7 Å². The number of allylic oxidation sites excluding steroid dienone is 2. The molecular weight excluding hydrogens is 286 g/mol. The van der Waals surface area contributed by atoms with Crippen molar-refractivity contribution >= 4 is 5.91 Å². The first-order chi connectivity index (χ1) is 11.2. The number of nitrogens with one attached hydrogen (secondary N) is 2. The van der Waals surface area contributed by atoms with E-state index in [1.54, 1.807) is 0 Å². The standard InChI is InChI=1S/C19H25N3O/c1-22(19(23)17-10-13-7-8-15(17)9-13)12-16-11-20-21-18(16)14-5-3-2-4-6-14/h2-8,13,15-18,20-21H,9-12H2,1H3/t13-,15+,16?,17+,18?/m0/s1. The van der Waals surface area contributed by atoms with Crippen LogP contribution >= 0.6 is 0 Å². The monoisotopic (exact) mass is 311 g/mol. The van der Waals surface area contributed by atoms with Gasteiger partial charge in [0.25, 0.3) is 0 Å². The van der Waals surface area contributed by atoms with Crippen molar-refractivity contribution in [3.05, 3.63) is 48.0 Å². The third kappa shape index (κ3) is 2.81. The van der Waals surface area contributed by atoms with Crippen molar-refractivity contribution in [2.75, 3.05) is 20.1 Å². The fourth-order valence-electron chi connectivity index (χ4n) is 4.51. The molecule has 1 saturated carbocycles. The molecule has 2 fully saturated rings. The molecule has 1 aromatic rings. The van der Waals surface area contributed by atoms with E-state index in [2.05, 4.69) is 47.3 Å². The van der Waals surface area contributed by atoms with Gasteiger partial charge >= 0.3 is 0 Å². The Morgan fingerprint density at radius 3 is 2.74 bits per heavy atom. The molecule has 0 radical (unpaired) electrons. The normalized spacial score (nSPS) is 34.9. The van der Waals surface area contributed by atoms with Gasteiger partial charge in [-0.3, -0.25) is 10.2 Å². The minimum atomic E-state index is 0.215. The number of rotatable bonds is 4. The van der Waals surface area contributed by atoms with Crippen LogP contribution in [0.2, 0.25) is 0 Å². The summed E-state index contributed by atoms with van der Waals surface area (Å²) in [5.74, 6) is 2.09. The molecule has 0 aromatic heterocycles. The largest absolute Gasteiger partial charge is 0.345 e. The summed E-state index contributed by atoms with van der Waals surface area (Å²) in [6, 6.07) is 10.8.